The largest absolute Gasteiger partial charge is 0.383 e. The first-order chi connectivity index (χ1) is 8.53. The fourth-order valence-electron chi connectivity index (χ4n) is 1.82. The molecule has 0 amide bonds. The minimum Gasteiger partial charge on any atom is -0.383 e. The van der Waals surface area contributed by atoms with E-state index in [0.29, 0.717) is 0 Å². The first-order valence-electron chi connectivity index (χ1n) is 6.48. The van der Waals surface area contributed by atoms with Crippen molar-refractivity contribution in [3.8, 4) is 0 Å². The Labute approximate surface area is 110 Å². The number of hydrogen-bond donors (Lipinski definition) is 1. The topological polar surface area (TPSA) is 21.3 Å². The van der Waals surface area contributed by atoms with Crippen molar-refractivity contribution in [2.75, 3.05) is 26.8 Å². The van der Waals surface area contributed by atoms with E-state index in [1.807, 2.05) is 12.1 Å². The van der Waals surface area contributed by atoms with Gasteiger partial charge in [0.15, 0.2) is 0 Å². The molecule has 1 rings (SSSR count). The van der Waals surface area contributed by atoms with Gasteiger partial charge >= 0.3 is 0 Å². The van der Waals surface area contributed by atoms with E-state index in [1.54, 1.807) is 7.11 Å². The molecule has 0 saturated heterocycles. The van der Waals surface area contributed by atoms with Crippen LogP contribution in [0.2, 0.25) is 0 Å². The van der Waals surface area contributed by atoms with Crippen molar-refractivity contribution in [2.24, 2.45) is 5.41 Å². The summed E-state index contributed by atoms with van der Waals surface area (Å²) in [7, 11) is 1.71. The number of rotatable bonds is 8. The Kier molecular flexibility index (Phi) is 6.30. The fraction of sp³-hybridized carbons (Fsp3) is 0.600. The molecule has 102 valence electrons. The lowest BCUT2D eigenvalue weighted by Gasteiger charge is -2.25. The Morgan fingerprint density at radius 3 is 2.50 bits per heavy atom. The van der Waals surface area contributed by atoms with Crippen LogP contribution in [0.5, 0.6) is 0 Å². The van der Waals surface area contributed by atoms with Gasteiger partial charge in [0.2, 0.25) is 0 Å². The first-order valence-corrected chi connectivity index (χ1v) is 6.48. The van der Waals surface area contributed by atoms with Crippen molar-refractivity contribution < 1.29 is 9.13 Å². The van der Waals surface area contributed by atoms with Crippen LogP contribution in [0.3, 0.4) is 0 Å². The van der Waals surface area contributed by atoms with Crippen LogP contribution >= 0.6 is 0 Å². The normalized spacial score (nSPS) is 11.8. The molecule has 1 N–H and O–H groups in total. The van der Waals surface area contributed by atoms with E-state index in [9.17, 15) is 4.39 Å². The highest BCUT2D eigenvalue weighted by atomic mass is 19.1. The summed E-state index contributed by atoms with van der Waals surface area (Å²) in [6.07, 6.45) is 2.07. The number of methoxy groups -OCH3 is 1. The van der Waals surface area contributed by atoms with Crippen molar-refractivity contribution in [3.05, 3.63) is 35.6 Å². The number of aryl methyl sites for hydroxylation is 1. The van der Waals surface area contributed by atoms with Crippen LogP contribution in [0.1, 0.15) is 25.8 Å². The second kappa shape index (κ2) is 7.49. The summed E-state index contributed by atoms with van der Waals surface area (Å²) in [6, 6.07) is 6.78. The second-order valence-electron chi connectivity index (χ2n) is 5.46. The predicted octanol–water partition coefficient (Wildman–Crippen LogP) is 3.02. The summed E-state index contributed by atoms with van der Waals surface area (Å²) in [5.74, 6) is -0.167. The predicted molar refractivity (Wildman–Crippen MR) is 73.2 cm³/mol. The van der Waals surface area contributed by atoms with Crippen molar-refractivity contribution >= 4 is 0 Å². The lowest BCUT2D eigenvalue weighted by molar-refractivity contribution is 0.193. The number of halogens is 1. The Hall–Kier alpha value is -0.930. The zero-order valence-electron chi connectivity index (χ0n) is 11.6. The van der Waals surface area contributed by atoms with Crippen molar-refractivity contribution in [3.63, 3.8) is 0 Å². The third kappa shape index (κ3) is 6.12. The summed E-state index contributed by atoms with van der Waals surface area (Å²) >= 11 is 0. The molecule has 1 aromatic carbocycles. The molecule has 0 heterocycles. The van der Waals surface area contributed by atoms with Crippen molar-refractivity contribution in [2.45, 2.75) is 26.7 Å². The van der Waals surface area contributed by atoms with Crippen LogP contribution in [0.15, 0.2) is 24.3 Å². The molecule has 0 atom stereocenters. The van der Waals surface area contributed by atoms with Gasteiger partial charge in [-0.25, -0.2) is 4.39 Å². The van der Waals surface area contributed by atoms with Crippen molar-refractivity contribution in [1.82, 2.24) is 5.32 Å². The van der Waals surface area contributed by atoms with E-state index in [-0.39, 0.29) is 11.2 Å². The van der Waals surface area contributed by atoms with Crippen LogP contribution in [0, 0.1) is 11.2 Å². The van der Waals surface area contributed by atoms with Crippen LogP contribution in [0.25, 0.3) is 0 Å². The van der Waals surface area contributed by atoms with E-state index < -0.39 is 0 Å². The molecule has 0 aliphatic rings. The highest BCUT2D eigenvalue weighted by Gasteiger charge is 2.16. The van der Waals surface area contributed by atoms with E-state index in [2.05, 4.69) is 19.2 Å². The van der Waals surface area contributed by atoms with E-state index >= 15 is 0 Å². The Balaban J connectivity index is 2.29. The lowest BCUT2D eigenvalue weighted by Crippen LogP contribution is -2.31. The van der Waals surface area contributed by atoms with E-state index in [0.717, 1.165) is 32.5 Å². The molecule has 0 aliphatic carbocycles. The minimum atomic E-state index is -0.167. The maximum atomic E-state index is 12.8. The molecule has 0 aromatic heterocycles. The third-order valence-corrected chi connectivity index (χ3v) is 3.09. The zero-order valence-corrected chi connectivity index (χ0v) is 11.6. The number of ether oxygens (including phenoxy) is 1. The fourth-order valence-corrected chi connectivity index (χ4v) is 1.82. The SMILES string of the molecule is COCCNCC(C)(C)CCc1ccc(F)cc1. The van der Waals surface area contributed by atoms with E-state index in [4.69, 9.17) is 4.74 Å². The molecule has 0 saturated carbocycles. The lowest BCUT2D eigenvalue weighted by atomic mass is 9.86. The standard InChI is InChI=1S/C15H24FNO/c1-15(2,12-17-10-11-18-3)9-8-13-4-6-14(16)7-5-13/h4-7,17H,8-12H2,1-3H3. The smallest absolute Gasteiger partial charge is 0.123 e. The van der Waals surface area contributed by atoms with Gasteiger partial charge in [-0.15, -0.1) is 0 Å². The van der Waals surface area contributed by atoms with Gasteiger partial charge in [0, 0.05) is 20.2 Å². The first kappa shape index (κ1) is 15.1. The number of hydrogen-bond acceptors (Lipinski definition) is 2. The summed E-state index contributed by atoms with van der Waals surface area (Å²) in [5.41, 5.74) is 1.43. The molecule has 0 unspecified atom stereocenters. The number of benzene rings is 1. The summed E-state index contributed by atoms with van der Waals surface area (Å²) < 4.78 is 17.8. The molecular formula is C15H24FNO. The van der Waals surface area contributed by atoms with Crippen LogP contribution in [0.4, 0.5) is 4.39 Å². The highest BCUT2D eigenvalue weighted by Crippen LogP contribution is 2.22. The molecule has 0 aliphatic heterocycles. The zero-order chi connectivity index (χ0) is 13.4. The van der Waals surface area contributed by atoms with Gasteiger partial charge in [0.25, 0.3) is 0 Å². The molecule has 0 radical (unpaired) electrons. The van der Waals surface area contributed by atoms with Crippen LogP contribution in [-0.4, -0.2) is 26.8 Å². The average molecular weight is 253 g/mol. The second-order valence-corrected chi connectivity index (χ2v) is 5.46. The van der Waals surface area contributed by atoms with Crippen molar-refractivity contribution in [1.29, 1.82) is 0 Å². The van der Waals surface area contributed by atoms with Gasteiger partial charge in [0.1, 0.15) is 5.82 Å². The van der Waals surface area contributed by atoms with Crippen LogP contribution < -0.4 is 5.32 Å². The molecule has 0 bridgehead atoms. The summed E-state index contributed by atoms with van der Waals surface area (Å²) in [4.78, 5) is 0. The maximum absolute atomic E-state index is 12.8. The van der Waals surface area contributed by atoms with Crippen LogP contribution in [-0.2, 0) is 11.2 Å². The quantitative estimate of drug-likeness (QED) is 0.719. The Bertz CT molecular complexity index is 335. The summed E-state index contributed by atoms with van der Waals surface area (Å²) in [6.45, 7) is 7.09. The molecule has 0 fully saturated rings. The third-order valence-electron chi connectivity index (χ3n) is 3.09. The van der Waals surface area contributed by atoms with Gasteiger partial charge < -0.3 is 10.1 Å². The Morgan fingerprint density at radius 1 is 1.22 bits per heavy atom. The number of nitrogens with one attached hydrogen (secondary N) is 1. The minimum absolute atomic E-state index is 0.167. The molecule has 2 nitrogen and oxygen atoms in total. The van der Waals surface area contributed by atoms with Gasteiger partial charge in [-0.05, 0) is 36.0 Å². The maximum Gasteiger partial charge on any atom is 0.123 e. The molecule has 1 aromatic rings. The van der Waals surface area contributed by atoms with Gasteiger partial charge in [-0.2, -0.15) is 0 Å². The van der Waals surface area contributed by atoms with Gasteiger partial charge in [-0.3, -0.25) is 0 Å². The van der Waals surface area contributed by atoms with Gasteiger partial charge in [-0.1, -0.05) is 26.0 Å². The van der Waals surface area contributed by atoms with Gasteiger partial charge in [0.05, 0.1) is 6.61 Å². The average Bonchev–Trinajstić information content (AvgIpc) is 2.34. The highest BCUT2D eigenvalue weighted by molar-refractivity contribution is 5.16. The summed E-state index contributed by atoms with van der Waals surface area (Å²) in [5, 5.41) is 3.39. The molecular weight excluding hydrogens is 229 g/mol. The molecule has 3 heteroatoms. The molecule has 0 spiro atoms. The Morgan fingerprint density at radius 2 is 1.89 bits per heavy atom. The monoisotopic (exact) mass is 253 g/mol. The van der Waals surface area contributed by atoms with E-state index in [1.165, 1.54) is 17.7 Å². The molecule has 18 heavy (non-hydrogen) atoms.